The third-order valence-electron chi connectivity index (χ3n) is 3.82. The van der Waals surface area contributed by atoms with Crippen LogP contribution in [0.15, 0.2) is 12.4 Å². The summed E-state index contributed by atoms with van der Waals surface area (Å²) in [4.78, 5) is 23.9. The molecule has 21 heavy (non-hydrogen) atoms. The molecule has 2 fully saturated rings. The normalized spacial score (nSPS) is 20.9. The smallest absolute Gasteiger partial charge is 0.307 e. The van der Waals surface area contributed by atoms with Gasteiger partial charge in [-0.05, 0) is 0 Å². The number of hydrogen-bond acceptors (Lipinski definition) is 6. The van der Waals surface area contributed by atoms with Crippen LogP contribution in [0.3, 0.4) is 0 Å². The Labute approximate surface area is 120 Å². The molecule has 114 valence electrons. The standard InChI is InChI=1S/C12H16N4O5/c17-11(9-15-8-10(7-13-15)16(18)19)14-3-1-12(2-4-14)20-5-6-21-12/h7-8H,1-6,9H2. The Balaban J connectivity index is 1.55. The van der Waals surface area contributed by atoms with E-state index in [-0.39, 0.29) is 18.1 Å². The lowest BCUT2D eigenvalue weighted by atomic mass is 10.0. The van der Waals surface area contributed by atoms with Crippen LogP contribution in [0.4, 0.5) is 5.69 Å². The number of amides is 1. The van der Waals surface area contributed by atoms with Crippen LogP contribution >= 0.6 is 0 Å². The maximum Gasteiger partial charge on any atom is 0.307 e. The van der Waals surface area contributed by atoms with Crippen LogP contribution in [0, 0.1) is 10.1 Å². The lowest BCUT2D eigenvalue weighted by Gasteiger charge is -2.37. The minimum absolute atomic E-state index is 0.00253. The zero-order chi connectivity index (χ0) is 14.9. The predicted molar refractivity (Wildman–Crippen MR) is 69.3 cm³/mol. The molecule has 9 nitrogen and oxygen atoms in total. The summed E-state index contributed by atoms with van der Waals surface area (Å²) in [6.07, 6.45) is 3.70. The molecule has 9 heteroatoms. The van der Waals surface area contributed by atoms with Gasteiger partial charge >= 0.3 is 5.69 Å². The molecule has 0 N–H and O–H groups in total. The molecule has 0 unspecified atom stereocenters. The molecule has 1 amide bonds. The number of likely N-dealkylation sites (tertiary alicyclic amines) is 1. The molecule has 1 aromatic rings. The average Bonchev–Trinajstić information content (AvgIpc) is 3.10. The Morgan fingerprint density at radius 1 is 1.38 bits per heavy atom. The minimum atomic E-state index is -0.534. The van der Waals surface area contributed by atoms with E-state index in [1.165, 1.54) is 10.9 Å². The summed E-state index contributed by atoms with van der Waals surface area (Å²) in [5.74, 6) is -0.623. The van der Waals surface area contributed by atoms with Crippen molar-refractivity contribution in [3.8, 4) is 0 Å². The van der Waals surface area contributed by atoms with Crippen molar-refractivity contribution in [1.82, 2.24) is 14.7 Å². The first-order valence-corrected chi connectivity index (χ1v) is 6.81. The highest BCUT2D eigenvalue weighted by molar-refractivity contribution is 5.76. The van der Waals surface area contributed by atoms with Crippen LogP contribution in [0.2, 0.25) is 0 Å². The van der Waals surface area contributed by atoms with E-state index in [2.05, 4.69) is 5.10 Å². The first-order chi connectivity index (χ1) is 10.1. The molecular formula is C12H16N4O5. The van der Waals surface area contributed by atoms with Crippen molar-refractivity contribution in [1.29, 1.82) is 0 Å². The van der Waals surface area contributed by atoms with E-state index in [0.29, 0.717) is 39.1 Å². The van der Waals surface area contributed by atoms with Gasteiger partial charge in [0.15, 0.2) is 5.79 Å². The van der Waals surface area contributed by atoms with Crippen molar-refractivity contribution < 1.29 is 19.2 Å². The lowest BCUT2D eigenvalue weighted by molar-refractivity contribution is -0.385. The highest BCUT2D eigenvalue weighted by atomic mass is 16.7. The quantitative estimate of drug-likeness (QED) is 0.581. The number of carbonyl (C=O) groups excluding carboxylic acids is 1. The molecule has 0 bridgehead atoms. The fourth-order valence-electron chi connectivity index (χ4n) is 2.65. The number of carbonyl (C=O) groups is 1. The fourth-order valence-corrected chi connectivity index (χ4v) is 2.65. The van der Waals surface area contributed by atoms with Crippen LogP contribution in [-0.2, 0) is 20.8 Å². The monoisotopic (exact) mass is 296 g/mol. The van der Waals surface area contributed by atoms with Crippen LogP contribution < -0.4 is 0 Å². The van der Waals surface area contributed by atoms with Gasteiger partial charge in [-0.2, -0.15) is 5.10 Å². The average molecular weight is 296 g/mol. The van der Waals surface area contributed by atoms with Gasteiger partial charge in [0.1, 0.15) is 18.9 Å². The van der Waals surface area contributed by atoms with E-state index in [1.807, 2.05) is 0 Å². The molecule has 2 aliphatic heterocycles. The second kappa shape index (κ2) is 5.41. The van der Waals surface area contributed by atoms with Gasteiger partial charge in [0, 0.05) is 25.9 Å². The van der Waals surface area contributed by atoms with Crippen molar-refractivity contribution in [2.24, 2.45) is 0 Å². The minimum Gasteiger partial charge on any atom is -0.347 e. The number of rotatable bonds is 3. The van der Waals surface area contributed by atoms with Crippen LogP contribution in [-0.4, -0.2) is 57.6 Å². The Morgan fingerprint density at radius 3 is 2.62 bits per heavy atom. The molecule has 1 spiro atoms. The van der Waals surface area contributed by atoms with E-state index >= 15 is 0 Å². The fraction of sp³-hybridized carbons (Fsp3) is 0.667. The summed E-state index contributed by atoms with van der Waals surface area (Å²) in [6, 6.07) is 0. The largest absolute Gasteiger partial charge is 0.347 e. The summed E-state index contributed by atoms with van der Waals surface area (Å²) in [5.41, 5.74) is -0.117. The summed E-state index contributed by atoms with van der Waals surface area (Å²) in [7, 11) is 0. The molecule has 3 heterocycles. The van der Waals surface area contributed by atoms with Crippen molar-refractivity contribution in [3.05, 3.63) is 22.5 Å². The van der Waals surface area contributed by atoms with E-state index in [9.17, 15) is 14.9 Å². The van der Waals surface area contributed by atoms with Crippen molar-refractivity contribution >= 4 is 11.6 Å². The highest BCUT2D eigenvalue weighted by Crippen LogP contribution is 2.31. The number of ether oxygens (including phenoxy) is 2. The van der Waals surface area contributed by atoms with E-state index in [1.54, 1.807) is 4.90 Å². The molecule has 0 atom stereocenters. The van der Waals surface area contributed by atoms with Crippen molar-refractivity contribution in [2.75, 3.05) is 26.3 Å². The number of aromatic nitrogens is 2. The van der Waals surface area contributed by atoms with Crippen molar-refractivity contribution in [3.63, 3.8) is 0 Å². The molecule has 0 radical (unpaired) electrons. The van der Waals surface area contributed by atoms with Crippen molar-refractivity contribution in [2.45, 2.75) is 25.2 Å². The van der Waals surface area contributed by atoms with Gasteiger partial charge in [-0.1, -0.05) is 0 Å². The first kappa shape index (κ1) is 14.0. The number of piperidine rings is 1. The maximum atomic E-state index is 12.2. The lowest BCUT2D eigenvalue weighted by Crippen LogP contribution is -2.48. The Hall–Kier alpha value is -2.00. The van der Waals surface area contributed by atoms with E-state index in [0.717, 1.165) is 6.20 Å². The Morgan fingerprint density at radius 2 is 2.05 bits per heavy atom. The molecule has 2 aliphatic rings. The predicted octanol–water partition coefficient (Wildman–Crippen LogP) is 0.157. The third-order valence-corrected chi connectivity index (χ3v) is 3.82. The molecule has 1 aromatic heterocycles. The summed E-state index contributed by atoms with van der Waals surface area (Å²) >= 11 is 0. The molecule has 0 aliphatic carbocycles. The first-order valence-electron chi connectivity index (χ1n) is 6.81. The van der Waals surface area contributed by atoms with Gasteiger partial charge in [0.25, 0.3) is 0 Å². The number of hydrogen-bond donors (Lipinski definition) is 0. The highest BCUT2D eigenvalue weighted by Gasteiger charge is 2.40. The molecule has 2 saturated heterocycles. The third kappa shape index (κ3) is 2.88. The van der Waals surface area contributed by atoms with Gasteiger partial charge in [-0.15, -0.1) is 0 Å². The Bertz CT molecular complexity index is 542. The van der Waals surface area contributed by atoms with Crippen LogP contribution in [0.1, 0.15) is 12.8 Å². The van der Waals surface area contributed by atoms with Gasteiger partial charge in [0.05, 0.1) is 18.1 Å². The van der Waals surface area contributed by atoms with Gasteiger partial charge < -0.3 is 14.4 Å². The second-order valence-corrected chi connectivity index (χ2v) is 5.14. The molecule has 3 rings (SSSR count). The van der Waals surface area contributed by atoms with Gasteiger partial charge in [-0.25, -0.2) is 0 Å². The zero-order valence-corrected chi connectivity index (χ0v) is 11.4. The maximum absolute atomic E-state index is 12.2. The van der Waals surface area contributed by atoms with E-state index < -0.39 is 10.7 Å². The Kier molecular flexibility index (Phi) is 3.60. The zero-order valence-electron chi connectivity index (χ0n) is 11.4. The van der Waals surface area contributed by atoms with Gasteiger partial charge in [0.2, 0.25) is 5.91 Å². The second-order valence-electron chi connectivity index (χ2n) is 5.14. The topological polar surface area (TPSA) is 99.7 Å². The molecular weight excluding hydrogens is 280 g/mol. The van der Waals surface area contributed by atoms with Crippen LogP contribution in [0.5, 0.6) is 0 Å². The summed E-state index contributed by atoms with van der Waals surface area (Å²) in [5, 5.41) is 14.4. The van der Waals surface area contributed by atoms with E-state index in [4.69, 9.17) is 9.47 Å². The summed E-state index contributed by atoms with van der Waals surface area (Å²) in [6.45, 7) is 2.32. The number of nitrogens with zero attached hydrogens (tertiary/aromatic N) is 4. The molecule has 0 aromatic carbocycles. The molecule has 0 saturated carbocycles. The summed E-state index contributed by atoms with van der Waals surface area (Å²) < 4.78 is 12.5. The SMILES string of the molecule is O=C(Cn1cc([N+](=O)[O-])cn1)N1CCC2(CC1)OCCO2. The number of nitro groups is 1. The van der Waals surface area contributed by atoms with Crippen LogP contribution in [0.25, 0.3) is 0 Å². The van der Waals surface area contributed by atoms with Gasteiger partial charge in [-0.3, -0.25) is 19.6 Å².